The van der Waals surface area contributed by atoms with Gasteiger partial charge in [0.1, 0.15) is 0 Å². The van der Waals surface area contributed by atoms with E-state index in [0.717, 1.165) is 0 Å². The van der Waals surface area contributed by atoms with Gasteiger partial charge in [-0.15, -0.1) is 0 Å². The Morgan fingerprint density at radius 1 is 1.43 bits per heavy atom. The smallest absolute Gasteiger partial charge is 0.211 e. The molecule has 6 heteroatoms. The minimum absolute atomic E-state index is 0.0125. The van der Waals surface area contributed by atoms with E-state index in [2.05, 4.69) is 4.99 Å². The van der Waals surface area contributed by atoms with E-state index in [-0.39, 0.29) is 4.90 Å². The van der Waals surface area contributed by atoms with Crippen LogP contribution in [-0.2, 0) is 13.8 Å². The van der Waals surface area contributed by atoms with Gasteiger partial charge < -0.3 is 0 Å². The van der Waals surface area contributed by atoms with Crippen LogP contribution in [0.4, 0.5) is 5.69 Å². The zero-order valence-electron chi connectivity index (χ0n) is 7.19. The van der Waals surface area contributed by atoms with Crippen LogP contribution in [0.2, 0.25) is 0 Å². The first-order valence-corrected chi connectivity index (χ1v) is 5.89. The van der Waals surface area contributed by atoms with Gasteiger partial charge in [-0.1, -0.05) is 0 Å². The van der Waals surface area contributed by atoms with Gasteiger partial charge in [0, 0.05) is 10.7 Å². The van der Waals surface area contributed by atoms with Crippen LogP contribution in [0.3, 0.4) is 0 Å². The third kappa shape index (κ3) is 2.42. The van der Waals surface area contributed by atoms with E-state index in [0.29, 0.717) is 11.3 Å². The molecule has 0 amide bonds. The molecule has 0 heterocycles. The highest BCUT2D eigenvalue weighted by atomic mass is 35.7. The van der Waals surface area contributed by atoms with Crippen molar-refractivity contribution in [2.75, 3.05) is 0 Å². The Morgan fingerprint density at radius 2 is 2.07 bits per heavy atom. The molecule has 0 atom stereocenters. The van der Waals surface area contributed by atoms with Crippen molar-refractivity contribution >= 4 is 31.5 Å². The predicted molar refractivity (Wildman–Crippen MR) is 52.0 cm³/mol. The van der Waals surface area contributed by atoms with E-state index in [4.69, 9.17) is 10.7 Å². The summed E-state index contributed by atoms with van der Waals surface area (Å²) in [4.78, 5) is 13.3. The largest absolute Gasteiger partial charge is 0.261 e. The molecular weight excluding hydrogens is 226 g/mol. The summed E-state index contributed by atoms with van der Waals surface area (Å²) >= 11 is 0. The first-order chi connectivity index (χ1) is 6.45. The number of halogens is 1. The van der Waals surface area contributed by atoms with E-state index < -0.39 is 9.05 Å². The fourth-order valence-corrected chi connectivity index (χ4v) is 1.79. The van der Waals surface area contributed by atoms with Crippen molar-refractivity contribution in [3.05, 3.63) is 23.8 Å². The van der Waals surface area contributed by atoms with Crippen molar-refractivity contribution in [3.63, 3.8) is 0 Å². The van der Waals surface area contributed by atoms with Gasteiger partial charge in [0.25, 0.3) is 9.05 Å². The van der Waals surface area contributed by atoms with Crippen LogP contribution in [0.5, 0.6) is 0 Å². The molecule has 0 saturated carbocycles. The first kappa shape index (κ1) is 10.9. The third-order valence-corrected chi connectivity index (χ3v) is 2.97. The summed E-state index contributed by atoms with van der Waals surface area (Å²) in [6, 6.07) is 4.03. The lowest BCUT2D eigenvalue weighted by Crippen LogP contribution is -1.90. The molecule has 1 aromatic rings. The van der Waals surface area contributed by atoms with E-state index in [1.165, 1.54) is 24.3 Å². The highest BCUT2D eigenvalue weighted by molar-refractivity contribution is 8.13. The zero-order valence-corrected chi connectivity index (χ0v) is 8.76. The summed E-state index contributed by atoms with van der Waals surface area (Å²) in [5, 5.41) is 0. The third-order valence-electron chi connectivity index (χ3n) is 1.62. The lowest BCUT2D eigenvalue weighted by atomic mass is 10.2. The molecule has 0 aromatic heterocycles. The summed E-state index contributed by atoms with van der Waals surface area (Å²) in [5.41, 5.74) is 0.930. The molecule has 0 N–H and O–H groups in total. The topological polar surface area (TPSA) is 63.6 Å². The highest BCUT2D eigenvalue weighted by Gasteiger charge is 2.10. The quantitative estimate of drug-likeness (QED) is 0.444. The number of aliphatic imine (C=N–C) groups is 1. The second-order valence-electron chi connectivity index (χ2n) is 2.59. The Morgan fingerprint density at radius 3 is 2.50 bits per heavy atom. The number of isocyanates is 1. The molecule has 0 radical (unpaired) electrons. The van der Waals surface area contributed by atoms with Crippen LogP contribution in [0.15, 0.2) is 28.1 Å². The normalized spacial score (nSPS) is 10.7. The molecule has 14 heavy (non-hydrogen) atoms. The molecule has 0 aliphatic heterocycles. The van der Waals surface area contributed by atoms with Crippen LogP contribution < -0.4 is 0 Å². The summed E-state index contributed by atoms with van der Waals surface area (Å²) in [5.74, 6) is 0. The van der Waals surface area contributed by atoms with Gasteiger partial charge >= 0.3 is 0 Å². The lowest BCUT2D eigenvalue weighted by molar-refractivity contribution is 0.565. The fourth-order valence-electron chi connectivity index (χ4n) is 0.954. The number of carbonyl (C=O) groups excluding carboxylic acids is 1. The van der Waals surface area contributed by atoms with Gasteiger partial charge in [-0.2, -0.15) is 4.99 Å². The fraction of sp³-hybridized carbons (Fsp3) is 0.125. The van der Waals surface area contributed by atoms with Crippen LogP contribution >= 0.6 is 10.7 Å². The SMILES string of the molecule is Cc1cc(S(=O)(=O)Cl)ccc1N=C=O. The maximum absolute atomic E-state index is 10.9. The second kappa shape index (κ2) is 3.92. The molecule has 74 valence electrons. The molecule has 0 fully saturated rings. The average Bonchev–Trinajstić information content (AvgIpc) is 2.07. The zero-order chi connectivity index (χ0) is 10.8. The molecule has 0 unspecified atom stereocenters. The van der Waals surface area contributed by atoms with Crippen molar-refractivity contribution in [2.45, 2.75) is 11.8 Å². The number of nitrogens with zero attached hydrogens (tertiary/aromatic N) is 1. The van der Waals surface area contributed by atoms with Crippen molar-refractivity contribution in [1.82, 2.24) is 0 Å². The van der Waals surface area contributed by atoms with Crippen LogP contribution in [0.25, 0.3) is 0 Å². The summed E-state index contributed by atoms with van der Waals surface area (Å²) in [7, 11) is 1.40. The monoisotopic (exact) mass is 231 g/mol. The maximum atomic E-state index is 10.9. The van der Waals surface area contributed by atoms with Gasteiger partial charge in [-0.25, -0.2) is 13.2 Å². The number of aryl methyl sites for hydroxylation is 1. The van der Waals surface area contributed by atoms with Crippen molar-refractivity contribution < 1.29 is 13.2 Å². The molecule has 0 aliphatic rings. The van der Waals surface area contributed by atoms with Gasteiger partial charge in [0.05, 0.1) is 10.6 Å². The minimum atomic E-state index is -3.73. The number of benzene rings is 1. The van der Waals surface area contributed by atoms with Crippen LogP contribution in [-0.4, -0.2) is 14.5 Å². The van der Waals surface area contributed by atoms with Crippen molar-refractivity contribution in [2.24, 2.45) is 4.99 Å². The van der Waals surface area contributed by atoms with E-state index >= 15 is 0 Å². The highest BCUT2D eigenvalue weighted by Crippen LogP contribution is 2.23. The summed E-state index contributed by atoms with van der Waals surface area (Å²) in [6.45, 7) is 1.63. The van der Waals surface area contributed by atoms with E-state index in [1.54, 1.807) is 6.92 Å². The van der Waals surface area contributed by atoms with Gasteiger partial charge in [-0.3, -0.25) is 0 Å². The minimum Gasteiger partial charge on any atom is -0.211 e. The Labute approximate surface area is 85.7 Å². The summed E-state index contributed by atoms with van der Waals surface area (Å²) in [6.07, 6.45) is 1.38. The summed E-state index contributed by atoms with van der Waals surface area (Å²) < 4.78 is 21.8. The average molecular weight is 232 g/mol. The van der Waals surface area contributed by atoms with Crippen LogP contribution in [0.1, 0.15) is 5.56 Å². The molecule has 0 aliphatic carbocycles. The lowest BCUT2D eigenvalue weighted by Gasteiger charge is -2.00. The van der Waals surface area contributed by atoms with Crippen molar-refractivity contribution in [1.29, 1.82) is 0 Å². The van der Waals surface area contributed by atoms with Crippen LogP contribution in [0, 0.1) is 6.92 Å². The molecule has 1 rings (SSSR count). The van der Waals surface area contributed by atoms with E-state index in [1.807, 2.05) is 0 Å². The second-order valence-corrected chi connectivity index (χ2v) is 5.16. The number of hydrogen-bond acceptors (Lipinski definition) is 4. The Bertz CT molecular complexity index is 503. The Hall–Kier alpha value is -1.16. The Kier molecular flexibility index (Phi) is 3.06. The molecular formula is C8H6ClNO3S. The van der Waals surface area contributed by atoms with Gasteiger partial charge in [0.2, 0.25) is 6.08 Å². The number of hydrogen-bond donors (Lipinski definition) is 0. The molecule has 0 bridgehead atoms. The number of rotatable bonds is 2. The Balaban J connectivity index is 3.33. The molecule has 1 aromatic carbocycles. The first-order valence-electron chi connectivity index (χ1n) is 3.58. The van der Waals surface area contributed by atoms with Crippen molar-refractivity contribution in [3.8, 4) is 0 Å². The van der Waals surface area contributed by atoms with E-state index in [9.17, 15) is 13.2 Å². The van der Waals surface area contributed by atoms with Gasteiger partial charge in [0.15, 0.2) is 0 Å². The molecule has 0 spiro atoms. The standard InChI is InChI=1S/C8H6ClNO3S/c1-6-4-7(14(9,12)13)2-3-8(6)10-5-11/h2-4H,1H3. The maximum Gasteiger partial charge on any atom is 0.261 e. The predicted octanol–water partition coefficient (Wildman–Crippen LogP) is 1.89. The molecule has 4 nitrogen and oxygen atoms in total. The van der Waals surface area contributed by atoms with Gasteiger partial charge in [-0.05, 0) is 30.7 Å². The molecule has 0 saturated heterocycles.